The van der Waals surface area contributed by atoms with Crippen LogP contribution in [-0.4, -0.2) is 63.0 Å². The molecule has 3 aromatic rings. The normalized spacial score (nSPS) is 19.0. The van der Waals surface area contributed by atoms with E-state index in [1.54, 1.807) is 16.9 Å². The van der Waals surface area contributed by atoms with Crippen LogP contribution in [0.2, 0.25) is 0 Å². The molecule has 34 heavy (non-hydrogen) atoms. The summed E-state index contributed by atoms with van der Waals surface area (Å²) in [6.45, 7) is 4.52. The summed E-state index contributed by atoms with van der Waals surface area (Å²) >= 11 is 0. The third kappa shape index (κ3) is 3.79. The van der Waals surface area contributed by atoms with E-state index in [0.29, 0.717) is 41.8 Å². The van der Waals surface area contributed by atoms with Crippen LogP contribution in [0.1, 0.15) is 18.0 Å². The van der Waals surface area contributed by atoms with Crippen molar-refractivity contribution in [3.63, 3.8) is 0 Å². The molecule has 1 amide bonds. The Balaban J connectivity index is 1.59. The molecule has 0 spiro atoms. The number of pyridine rings is 1. The number of carbonyl (C=O) groups is 1. The molecule has 178 valence electrons. The smallest absolute Gasteiger partial charge is 0.391 e. The molecule has 1 atom stereocenters. The Morgan fingerprint density at radius 2 is 1.82 bits per heavy atom. The predicted octanol–water partition coefficient (Wildman–Crippen LogP) is 3.55. The highest BCUT2D eigenvalue weighted by Gasteiger charge is 2.37. The summed E-state index contributed by atoms with van der Waals surface area (Å²) in [5, 5.41) is 14.7. The number of likely N-dealkylation sites (tertiary alicyclic amines) is 1. The topological polar surface area (TPSA) is 74.5 Å². The first-order chi connectivity index (χ1) is 16.1. The second-order valence-corrected chi connectivity index (χ2v) is 8.55. The lowest BCUT2D eigenvalue weighted by Gasteiger charge is -2.39. The van der Waals surface area contributed by atoms with Gasteiger partial charge in [-0.3, -0.25) is 14.5 Å². The minimum Gasteiger partial charge on any atom is -0.391 e. The second kappa shape index (κ2) is 8.08. The third-order valence-corrected chi connectivity index (χ3v) is 6.28. The summed E-state index contributed by atoms with van der Waals surface area (Å²) in [4.78, 5) is 19.7. The van der Waals surface area contributed by atoms with Crippen LogP contribution in [0.25, 0.3) is 22.3 Å². The van der Waals surface area contributed by atoms with Crippen LogP contribution in [0.5, 0.6) is 0 Å². The zero-order valence-electron chi connectivity index (χ0n) is 18.0. The summed E-state index contributed by atoms with van der Waals surface area (Å²) in [6.07, 6.45) is -2.72. The number of anilines is 1. The van der Waals surface area contributed by atoms with Gasteiger partial charge >= 0.3 is 6.18 Å². The van der Waals surface area contributed by atoms with Crippen molar-refractivity contribution in [1.82, 2.24) is 19.7 Å². The molecular weight excluding hydrogens is 454 g/mol. The lowest BCUT2D eigenvalue weighted by molar-refractivity contribution is -0.137. The summed E-state index contributed by atoms with van der Waals surface area (Å²) < 4.78 is 54.1. The minimum atomic E-state index is -4.45. The standard InChI is InChI=1S/C23H21F4N5O2/c1-13(24)22(34)31-10-16(11-31)32-21-18(30-9-7-17(33)12-30)6-8-28-20(21)19(29-32)14-2-4-15(5-3-14)23(25,26)27/h2-6,8,16-17,33H,1,7,9-12H2. The van der Waals surface area contributed by atoms with Crippen molar-refractivity contribution in [2.24, 2.45) is 0 Å². The molecule has 1 aromatic carbocycles. The van der Waals surface area contributed by atoms with Gasteiger partial charge in [-0.05, 0) is 24.6 Å². The fraction of sp³-hybridized carbons (Fsp3) is 0.348. The Hall–Kier alpha value is -3.47. The number of nitrogens with zero attached hydrogens (tertiary/aromatic N) is 5. The highest BCUT2D eigenvalue weighted by Crippen LogP contribution is 2.38. The van der Waals surface area contributed by atoms with Gasteiger partial charge in [-0.25, -0.2) is 4.39 Å². The highest BCUT2D eigenvalue weighted by atomic mass is 19.4. The second-order valence-electron chi connectivity index (χ2n) is 8.55. The molecule has 2 saturated heterocycles. The van der Waals surface area contributed by atoms with E-state index >= 15 is 0 Å². The molecule has 0 saturated carbocycles. The zero-order valence-corrected chi connectivity index (χ0v) is 18.0. The minimum absolute atomic E-state index is 0.210. The Bertz CT molecular complexity index is 1260. The van der Waals surface area contributed by atoms with Gasteiger partial charge in [0, 0.05) is 37.9 Å². The van der Waals surface area contributed by atoms with Crippen molar-refractivity contribution in [1.29, 1.82) is 0 Å². The van der Waals surface area contributed by atoms with E-state index < -0.39 is 29.6 Å². The predicted molar refractivity (Wildman–Crippen MR) is 117 cm³/mol. The van der Waals surface area contributed by atoms with E-state index in [1.807, 2.05) is 4.90 Å². The number of fused-ring (bicyclic) bond motifs is 1. The molecule has 11 heteroatoms. The number of benzene rings is 1. The quantitative estimate of drug-likeness (QED) is 0.462. The zero-order chi connectivity index (χ0) is 24.2. The Kier molecular flexibility index (Phi) is 5.31. The summed E-state index contributed by atoms with van der Waals surface area (Å²) in [5.41, 5.74) is 2.05. The van der Waals surface area contributed by atoms with E-state index in [9.17, 15) is 27.5 Å². The molecule has 2 fully saturated rings. The number of aliphatic hydroxyl groups is 1. The molecule has 7 nitrogen and oxygen atoms in total. The van der Waals surface area contributed by atoms with E-state index in [4.69, 9.17) is 5.10 Å². The molecule has 5 rings (SSSR count). The number of aromatic nitrogens is 3. The van der Waals surface area contributed by atoms with E-state index in [2.05, 4.69) is 11.6 Å². The van der Waals surface area contributed by atoms with Crippen LogP contribution in [0.3, 0.4) is 0 Å². The first-order valence-corrected chi connectivity index (χ1v) is 10.7. The van der Waals surface area contributed by atoms with Crippen LogP contribution < -0.4 is 4.90 Å². The van der Waals surface area contributed by atoms with Crippen molar-refractivity contribution in [2.45, 2.75) is 24.7 Å². The lowest BCUT2D eigenvalue weighted by atomic mass is 10.1. The first-order valence-electron chi connectivity index (χ1n) is 10.7. The van der Waals surface area contributed by atoms with Crippen molar-refractivity contribution < 1.29 is 27.5 Å². The summed E-state index contributed by atoms with van der Waals surface area (Å²) in [7, 11) is 0. The molecule has 0 aliphatic carbocycles. The highest BCUT2D eigenvalue weighted by molar-refractivity contribution is 5.98. The molecule has 4 heterocycles. The van der Waals surface area contributed by atoms with E-state index in [0.717, 1.165) is 17.8 Å². The molecule has 1 unspecified atom stereocenters. The molecule has 2 aromatic heterocycles. The average molecular weight is 475 g/mol. The number of β-amino-alcohol motifs (C(OH)–C–C–N with tert-alkyl or cyclic N) is 1. The van der Waals surface area contributed by atoms with Crippen LogP contribution in [0.4, 0.5) is 23.2 Å². The third-order valence-electron chi connectivity index (χ3n) is 6.28. The average Bonchev–Trinajstić information content (AvgIpc) is 3.36. The number of rotatable bonds is 4. The first kappa shape index (κ1) is 22.3. The maximum atomic E-state index is 13.3. The molecule has 2 aliphatic heterocycles. The Morgan fingerprint density at radius 1 is 1.12 bits per heavy atom. The van der Waals surface area contributed by atoms with Crippen molar-refractivity contribution in [2.75, 3.05) is 31.1 Å². The number of aliphatic hydroxyl groups excluding tert-OH is 1. The molecule has 0 radical (unpaired) electrons. The lowest BCUT2D eigenvalue weighted by Crippen LogP contribution is -2.51. The van der Waals surface area contributed by atoms with Gasteiger partial charge in [-0.2, -0.15) is 18.3 Å². The van der Waals surface area contributed by atoms with Crippen LogP contribution in [-0.2, 0) is 11.0 Å². The van der Waals surface area contributed by atoms with Gasteiger partial charge in [0.15, 0.2) is 5.83 Å². The molecule has 2 aliphatic rings. The fourth-order valence-corrected chi connectivity index (χ4v) is 4.49. The Morgan fingerprint density at radius 3 is 2.41 bits per heavy atom. The Labute approximate surface area is 191 Å². The summed E-state index contributed by atoms with van der Waals surface area (Å²) in [5.74, 6) is -1.82. The van der Waals surface area contributed by atoms with Gasteiger partial charge in [0.2, 0.25) is 0 Å². The molecule has 0 bridgehead atoms. The van der Waals surface area contributed by atoms with Crippen molar-refractivity contribution in [3.05, 3.63) is 54.5 Å². The van der Waals surface area contributed by atoms with Gasteiger partial charge in [-0.15, -0.1) is 0 Å². The van der Waals surface area contributed by atoms with E-state index in [-0.39, 0.29) is 19.1 Å². The number of amides is 1. The van der Waals surface area contributed by atoms with Crippen molar-refractivity contribution in [3.8, 4) is 11.3 Å². The number of halogens is 4. The van der Waals surface area contributed by atoms with Gasteiger partial charge in [0.1, 0.15) is 16.7 Å². The number of alkyl halides is 3. The van der Waals surface area contributed by atoms with Crippen molar-refractivity contribution >= 4 is 22.6 Å². The van der Waals surface area contributed by atoms with E-state index in [1.165, 1.54) is 17.0 Å². The summed E-state index contributed by atoms with van der Waals surface area (Å²) in [6, 6.07) is 6.23. The number of hydrogen-bond donors (Lipinski definition) is 1. The van der Waals surface area contributed by atoms with Crippen LogP contribution in [0, 0.1) is 0 Å². The maximum Gasteiger partial charge on any atom is 0.416 e. The SMILES string of the molecule is C=C(F)C(=O)N1CC(n2nc(-c3ccc(C(F)(F)F)cc3)c3nccc(N4CCC(O)C4)c32)C1. The largest absolute Gasteiger partial charge is 0.416 e. The van der Waals surface area contributed by atoms with Gasteiger partial charge in [-0.1, -0.05) is 18.7 Å². The fourth-order valence-electron chi connectivity index (χ4n) is 4.49. The van der Waals surface area contributed by atoms with Gasteiger partial charge in [0.25, 0.3) is 5.91 Å². The molecule has 1 N–H and O–H groups in total. The monoisotopic (exact) mass is 475 g/mol. The van der Waals surface area contributed by atoms with Gasteiger partial charge in [0.05, 0.1) is 23.4 Å². The molecular formula is C23H21F4N5O2. The van der Waals surface area contributed by atoms with Crippen LogP contribution >= 0.6 is 0 Å². The van der Waals surface area contributed by atoms with Gasteiger partial charge < -0.3 is 14.9 Å². The maximum absolute atomic E-state index is 13.3. The number of hydrogen-bond acceptors (Lipinski definition) is 5. The van der Waals surface area contributed by atoms with Crippen LogP contribution in [0.15, 0.2) is 48.9 Å². The number of carbonyl (C=O) groups excluding carboxylic acids is 1.